The van der Waals surface area contributed by atoms with Gasteiger partial charge in [0.2, 0.25) is 0 Å². The van der Waals surface area contributed by atoms with Crippen molar-refractivity contribution in [3.63, 3.8) is 0 Å². The second-order valence-electron chi connectivity index (χ2n) is 6.15. The standard InChI is InChI=1S/C19H22N2O3/c1-24-17-7-3-5-15(11-17)14-4-2-6-16(10-14)18(22)21-13-19(23)8-9-20-12-19/h2-7,10-11,20,23H,8-9,12-13H2,1H3,(H,21,22). The molecule has 0 aliphatic carbocycles. The van der Waals surface area contributed by atoms with Gasteiger partial charge in [0.25, 0.3) is 5.91 Å². The SMILES string of the molecule is COc1cccc(-c2cccc(C(=O)NCC3(O)CCNC3)c2)c1. The van der Waals surface area contributed by atoms with Gasteiger partial charge in [0, 0.05) is 18.7 Å². The zero-order chi connectivity index (χ0) is 17.0. The minimum absolute atomic E-state index is 0.180. The number of hydrogen-bond donors (Lipinski definition) is 3. The van der Waals surface area contributed by atoms with Crippen molar-refractivity contribution in [3.05, 3.63) is 54.1 Å². The summed E-state index contributed by atoms with van der Waals surface area (Å²) in [7, 11) is 1.63. The third kappa shape index (κ3) is 3.75. The number of β-amino-alcohol motifs (C(OH)–C–C–N with tert-alkyl or cyclic N) is 1. The van der Waals surface area contributed by atoms with Crippen LogP contribution in [-0.4, -0.2) is 43.4 Å². The third-order valence-corrected chi connectivity index (χ3v) is 4.33. The molecule has 0 bridgehead atoms. The highest BCUT2D eigenvalue weighted by molar-refractivity contribution is 5.95. The van der Waals surface area contributed by atoms with Gasteiger partial charge in [0.05, 0.1) is 12.7 Å². The zero-order valence-electron chi connectivity index (χ0n) is 13.7. The summed E-state index contributed by atoms with van der Waals surface area (Å²) in [4.78, 5) is 12.4. The summed E-state index contributed by atoms with van der Waals surface area (Å²) in [6.07, 6.45) is 0.650. The average Bonchev–Trinajstić information content (AvgIpc) is 3.07. The molecule has 2 aromatic rings. The van der Waals surface area contributed by atoms with Gasteiger partial charge >= 0.3 is 0 Å². The molecule has 5 nitrogen and oxygen atoms in total. The van der Waals surface area contributed by atoms with Crippen LogP contribution >= 0.6 is 0 Å². The minimum Gasteiger partial charge on any atom is -0.497 e. The molecule has 1 saturated heterocycles. The van der Waals surface area contributed by atoms with E-state index in [1.165, 1.54) is 0 Å². The number of hydrogen-bond acceptors (Lipinski definition) is 4. The Balaban J connectivity index is 1.73. The van der Waals surface area contributed by atoms with Crippen molar-refractivity contribution >= 4 is 5.91 Å². The second-order valence-corrected chi connectivity index (χ2v) is 6.15. The first kappa shape index (κ1) is 16.5. The molecular weight excluding hydrogens is 304 g/mol. The van der Waals surface area contributed by atoms with Gasteiger partial charge in [0.15, 0.2) is 0 Å². The Kier molecular flexibility index (Phi) is 4.83. The van der Waals surface area contributed by atoms with E-state index < -0.39 is 5.60 Å². The molecule has 1 heterocycles. The van der Waals surface area contributed by atoms with Crippen LogP contribution in [0.2, 0.25) is 0 Å². The van der Waals surface area contributed by atoms with E-state index in [4.69, 9.17) is 4.74 Å². The molecule has 3 N–H and O–H groups in total. The number of methoxy groups -OCH3 is 1. The number of rotatable bonds is 5. The summed E-state index contributed by atoms with van der Waals surface area (Å²) in [5, 5.41) is 16.2. The largest absolute Gasteiger partial charge is 0.497 e. The smallest absolute Gasteiger partial charge is 0.251 e. The monoisotopic (exact) mass is 326 g/mol. The van der Waals surface area contributed by atoms with Gasteiger partial charge in [-0.15, -0.1) is 0 Å². The first-order valence-corrected chi connectivity index (χ1v) is 8.05. The molecule has 1 unspecified atom stereocenters. The van der Waals surface area contributed by atoms with E-state index in [0.29, 0.717) is 18.5 Å². The molecule has 1 atom stereocenters. The van der Waals surface area contributed by atoms with Crippen molar-refractivity contribution in [2.24, 2.45) is 0 Å². The highest BCUT2D eigenvalue weighted by Crippen LogP contribution is 2.24. The highest BCUT2D eigenvalue weighted by atomic mass is 16.5. The van der Waals surface area contributed by atoms with Gasteiger partial charge in [-0.05, 0) is 48.4 Å². The Morgan fingerprint density at radius 2 is 2.00 bits per heavy atom. The first-order chi connectivity index (χ1) is 11.6. The van der Waals surface area contributed by atoms with Gasteiger partial charge in [-0.1, -0.05) is 24.3 Å². The zero-order valence-corrected chi connectivity index (χ0v) is 13.7. The van der Waals surface area contributed by atoms with Gasteiger partial charge in [-0.2, -0.15) is 0 Å². The van der Waals surface area contributed by atoms with Crippen LogP contribution in [0, 0.1) is 0 Å². The van der Waals surface area contributed by atoms with Gasteiger partial charge in [0.1, 0.15) is 5.75 Å². The lowest BCUT2D eigenvalue weighted by molar-refractivity contribution is 0.0562. The lowest BCUT2D eigenvalue weighted by atomic mass is 10.0. The molecule has 126 valence electrons. The maximum Gasteiger partial charge on any atom is 0.251 e. The summed E-state index contributed by atoms with van der Waals surface area (Å²) in [6, 6.07) is 15.2. The summed E-state index contributed by atoms with van der Waals surface area (Å²) in [5.41, 5.74) is 1.66. The Morgan fingerprint density at radius 3 is 2.71 bits per heavy atom. The van der Waals surface area contributed by atoms with Crippen LogP contribution in [0.25, 0.3) is 11.1 Å². The molecule has 1 aliphatic rings. The van der Waals surface area contributed by atoms with Crippen LogP contribution in [0.1, 0.15) is 16.8 Å². The molecule has 0 aromatic heterocycles. The number of carbonyl (C=O) groups is 1. The number of aliphatic hydroxyl groups is 1. The van der Waals surface area contributed by atoms with E-state index >= 15 is 0 Å². The fraction of sp³-hybridized carbons (Fsp3) is 0.316. The molecule has 24 heavy (non-hydrogen) atoms. The summed E-state index contributed by atoms with van der Waals surface area (Å²) in [5.74, 6) is 0.596. The lowest BCUT2D eigenvalue weighted by Gasteiger charge is -2.21. The summed E-state index contributed by atoms with van der Waals surface area (Å²) >= 11 is 0. The Morgan fingerprint density at radius 1 is 1.25 bits per heavy atom. The molecule has 0 radical (unpaired) electrons. The first-order valence-electron chi connectivity index (χ1n) is 8.05. The second kappa shape index (κ2) is 7.03. The van der Waals surface area contributed by atoms with E-state index in [2.05, 4.69) is 10.6 Å². The number of nitrogens with one attached hydrogen (secondary N) is 2. The topological polar surface area (TPSA) is 70.6 Å². The van der Waals surface area contributed by atoms with Gasteiger partial charge in [-0.3, -0.25) is 4.79 Å². The van der Waals surface area contributed by atoms with E-state index in [1.54, 1.807) is 13.2 Å². The van der Waals surface area contributed by atoms with Gasteiger partial charge < -0.3 is 20.5 Å². The number of carbonyl (C=O) groups excluding carboxylic acids is 1. The number of amides is 1. The molecule has 2 aromatic carbocycles. The minimum atomic E-state index is -0.847. The van der Waals surface area contributed by atoms with Crippen molar-refractivity contribution in [1.29, 1.82) is 0 Å². The van der Waals surface area contributed by atoms with E-state index in [9.17, 15) is 9.90 Å². The maximum atomic E-state index is 12.4. The molecule has 1 amide bonds. The number of benzene rings is 2. The van der Waals surface area contributed by atoms with Crippen molar-refractivity contribution in [1.82, 2.24) is 10.6 Å². The van der Waals surface area contributed by atoms with Gasteiger partial charge in [-0.25, -0.2) is 0 Å². The lowest BCUT2D eigenvalue weighted by Crippen LogP contribution is -2.44. The molecule has 0 spiro atoms. The maximum absolute atomic E-state index is 12.4. The van der Waals surface area contributed by atoms with E-state index in [-0.39, 0.29) is 12.5 Å². The predicted molar refractivity (Wildman–Crippen MR) is 93.2 cm³/mol. The molecule has 5 heteroatoms. The van der Waals surface area contributed by atoms with Crippen molar-refractivity contribution in [3.8, 4) is 16.9 Å². The Bertz CT molecular complexity index is 724. The molecule has 3 rings (SSSR count). The van der Waals surface area contributed by atoms with E-state index in [0.717, 1.165) is 23.4 Å². The summed E-state index contributed by atoms with van der Waals surface area (Å²) in [6.45, 7) is 1.54. The summed E-state index contributed by atoms with van der Waals surface area (Å²) < 4.78 is 5.25. The van der Waals surface area contributed by atoms with E-state index in [1.807, 2.05) is 42.5 Å². The third-order valence-electron chi connectivity index (χ3n) is 4.33. The average molecular weight is 326 g/mol. The fourth-order valence-corrected chi connectivity index (χ4v) is 2.87. The van der Waals surface area contributed by atoms with Crippen LogP contribution in [0.15, 0.2) is 48.5 Å². The highest BCUT2D eigenvalue weighted by Gasteiger charge is 2.31. The molecular formula is C19H22N2O3. The Hall–Kier alpha value is -2.37. The molecule has 1 aliphatic heterocycles. The van der Waals surface area contributed by atoms with Crippen molar-refractivity contribution in [2.75, 3.05) is 26.7 Å². The normalized spacial score (nSPS) is 19.9. The fourth-order valence-electron chi connectivity index (χ4n) is 2.87. The van der Waals surface area contributed by atoms with Crippen LogP contribution < -0.4 is 15.4 Å². The molecule has 1 fully saturated rings. The predicted octanol–water partition coefficient (Wildman–Crippen LogP) is 1.82. The Labute approximate surface area is 141 Å². The quantitative estimate of drug-likeness (QED) is 0.784. The van der Waals surface area contributed by atoms with Crippen LogP contribution in [0.5, 0.6) is 5.75 Å². The number of ether oxygens (including phenoxy) is 1. The van der Waals surface area contributed by atoms with Crippen LogP contribution in [0.4, 0.5) is 0 Å². The van der Waals surface area contributed by atoms with Crippen molar-refractivity contribution in [2.45, 2.75) is 12.0 Å². The van der Waals surface area contributed by atoms with Crippen molar-refractivity contribution < 1.29 is 14.6 Å². The molecule has 0 saturated carbocycles. The van der Waals surface area contributed by atoms with Crippen LogP contribution in [0.3, 0.4) is 0 Å². The van der Waals surface area contributed by atoms with Crippen LogP contribution in [-0.2, 0) is 0 Å².